The Kier molecular flexibility index (Phi) is 3.43. The minimum absolute atomic E-state index is 0.0309. The minimum atomic E-state index is -2.52. The van der Waals surface area contributed by atoms with E-state index in [4.69, 9.17) is 0 Å². The van der Waals surface area contributed by atoms with Crippen LogP contribution in [-0.2, 0) is 6.54 Å². The number of pyridine rings is 1. The topological polar surface area (TPSA) is 16.1 Å². The van der Waals surface area contributed by atoms with E-state index in [1.54, 1.807) is 11.1 Å². The maximum Gasteiger partial charge on any atom is 0.261 e. The van der Waals surface area contributed by atoms with Gasteiger partial charge in [-0.15, -0.1) is 0 Å². The summed E-state index contributed by atoms with van der Waals surface area (Å²) in [5.41, 5.74) is 2.09. The summed E-state index contributed by atoms with van der Waals surface area (Å²) >= 11 is 0. The fourth-order valence-electron chi connectivity index (χ4n) is 2.11. The molecule has 1 aliphatic heterocycles. The van der Waals surface area contributed by atoms with Crippen molar-refractivity contribution in [2.45, 2.75) is 38.7 Å². The molecule has 0 radical (unpaired) electrons. The molecule has 0 spiro atoms. The number of likely N-dealkylation sites (tertiary alicyclic amines) is 1. The van der Waals surface area contributed by atoms with E-state index in [2.05, 4.69) is 18.8 Å². The molecule has 0 aliphatic carbocycles. The molecule has 0 N–H and O–H groups in total. The van der Waals surface area contributed by atoms with Crippen LogP contribution in [0.1, 0.15) is 37.4 Å². The maximum absolute atomic E-state index is 13.0. The molecular formula is C13H18F2N2. The largest absolute Gasteiger partial charge is 0.291 e. The lowest BCUT2D eigenvalue weighted by atomic mass is 10.0. The van der Waals surface area contributed by atoms with Crippen LogP contribution in [0.2, 0.25) is 0 Å². The van der Waals surface area contributed by atoms with E-state index < -0.39 is 5.92 Å². The van der Waals surface area contributed by atoms with Crippen molar-refractivity contribution in [2.24, 2.45) is 0 Å². The van der Waals surface area contributed by atoms with Gasteiger partial charge in [0.05, 0.1) is 12.2 Å². The van der Waals surface area contributed by atoms with E-state index in [9.17, 15) is 8.78 Å². The summed E-state index contributed by atoms with van der Waals surface area (Å²) in [7, 11) is 0. The molecule has 1 aliphatic rings. The summed E-state index contributed by atoms with van der Waals surface area (Å²) < 4.78 is 26.1. The molecule has 0 amide bonds. The fraction of sp³-hybridized carbons (Fsp3) is 0.615. The monoisotopic (exact) mass is 240 g/mol. The van der Waals surface area contributed by atoms with Crippen molar-refractivity contribution < 1.29 is 8.78 Å². The van der Waals surface area contributed by atoms with Crippen molar-refractivity contribution in [2.75, 3.05) is 13.1 Å². The van der Waals surface area contributed by atoms with E-state index in [1.807, 2.05) is 12.1 Å². The van der Waals surface area contributed by atoms with Crippen LogP contribution in [0.4, 0.5) is 8.78 Å². The van der Waals surface area contributed by atoms with E-state index >= 15 is 0 Å². The van der Waals surface area contributed by atoms with Crippen LogP contribution in [0.3, 0.4) is 0 Å². The zero-order chi connectivity index (χ0) is 12.5. The van der Waals surface area contributed by atoms with Gasteiger partial charge >= 0.3 is 0 Å². The van der Waals surface area contributed by atoms with Gasteiger partial charge in [-0.25, -0.2) is 8.78 Å². The third-order valence-electron chi connectivity index (χ3n) is 3.14. The molecular weight excluding hydrogens is 222 g/mol. The molecule has 2 rings (SSSR count). The van der Waals surface area contributed by atoms with Crippen molar-refractivity contribution in [3.8, 4) is 0 Å². The minimum Gasteiger partial charge on any atom is -0.291 e. The Morgan fingerprint density at radius 1 is 1.47 bits per heavy atom. The molecule has 1 aromatic heterocycles. The van der Waals surface area contributed by atoms with Gasteiger partial charge in [0.2, 0.25) is 0 Å². The van der Waals surface area contributed by atoms with E-state index in [0.717, 1.165) is 5.69 Å². The van der Waals surface area contributed by atoms with Crippen LogP contribution in [0.5, 0.6) is 0 Å². The first-order valence-corrected chi connectivity index (χ1v) is 6.01. The van der Waals surface area contributed by atoms with Crippen LogP contribution in [-0.4, -0.2) is 28.9 Å². The summed E-state index contributed by atoms with van der Waals surface area (Å²) in [5.74, 6) is -2.08. The van der Waals surface area contributed by atoms with Gasteiger partial charge in [-0.05, 0) is 23.6 Å². The van der Waals surface area contributed by atoms with Gasteiger partial charge in [-0.3, -0.25) is 9.88 Å². The highest BCUT2D eigenvalue weighted by Gasteiger charge is 2.37. The summed E-state index contributed by atoms with van der Waals surface area (Å²) in [4.78, 5) is 6.02. The third kappa shape index (κ3) is 3.22. The highest BCUT2D eigenvalue weighted by Crippen LogP contribution is 2.27. The van der Waals surface area contributed by atoms with Gasteiger partial charge in [0.1, 0.15) is 0 Å². The zero-order valence-corrected chi connectivity index (χ0v) is 10.3. The van der Waals surface area contributed by atoms with Gasteiger partial charge in [0.25, 0.3) is 5.92 Å². The second kappa shape index (κ2) is 4.69. The predicted octanol–water partition coefficient (Wildman–Crippen LogP) is 3.05. The molecule has 0 atom stereocenters. The molecule has 4 heteroatoms. The highest BCUT2D eigenvalue weighted by atomic mass is 19.3. The van der Waals surface area contributed by atoms with Crippen molar-refractivity contribution in [1.82, 2.24) is 9.88 Å². The van der Waals surface area contributed by atoms with Crippen molar-refractivity contribution in [3.05, 3.63) is 29.6 Å². The first kappa shape index (κ1) is 12.4. The van der Waals surface area contributed by atoms with Gasteiger partial charge < -0.3 is 0 Å². The number of halogens is 2. The molecule has 2 nitrogen and oxygen atoms in total. The predicted molar refractivity (Wildman–Crippen MR) is 63.2 cm³/mol. The fourth-order valence-corrected chi connectivity index (χ4v) is 2.11. The maximum atomic E-state index is 13.0. The summed E-state index contributed by atoms with van der Waals surface area (Å²) in [6, 6.07) is 3.99. The van der Waals surface area contributed by atoms with Crippen LogP contribution < -0.4 is 0 Å². The number of aromatic nitrogens is 1. The Labute approximate surface area is 101 Å². The average Bonchev–Trinajstić information content (AvgIpc) is 2.58. The number of hydrogen-bond donors (Lipinski definition) is 0. The van der Waals surface area contributed by atoms with E-state index in [0.29, 0.717) is 19.0 Å². The highest BCUT2D eigenvalue weighted by molar-refractivity contribution is 5.19. The summed E-state index contributed by atoms with van der Waals surface area (Å²) in [6.07, 6.45) is 1.73. The normalized spacial score (nSPS) is 20.1. The van der Waals surface area contributed by atoms with Gasteiger partial charge in [-0.2, -0.15) is 0 Å². The number of alkyl halides is 2. The molecule has 17 heavy (non-hydrogen) atoms. The van der Waals surface area contributed by atoms with E-state index in [-0.39, 0.29) is 13.0 Å². The number of nitrogens with zero attached hydrogens (tertiary/aromatic N) is 2. The second-order valence-corrected chi connectivity index (χ2v) is 5.05. The SMILES string of the molecule is CC(C)c1ccnc(CN2CCC(F)(F)C2)c1. The molecule has 0 aromatic carbocycles. The van der Waals surface area contributed by atoms with Crippen molar-refractivity contribution in [1.29, 1.82) is 0 Å². The van der Waals surface area contributed by atoms with Crippen molar-refractivity contribution in [3.63, 3.8) is 0 Å². The molecule has 1 fully saturated rings. The number of hydrogen-bond acceptors (Lipinski definition) is 2. The second-order valence-electron chi connectivity index (χ2n) is 5.05. The smallest absolute Gasteiger partial charge is 0.261 e. The molecule has 0 saturated carbocycles. The van der Waals surface area contributed by atoms with E-state index in [1.165, 1.54) is 5.56 Å². The Bertz CT molecular complexity index is 391. The first-order chi connectivity index (χ1) is 7.96. The molecule has 1 saturated heterocycles. The molecule has 1 aromatic rings. The standard InChI is InChI=1S/C13H18F2N2/c1-10(2)11-3-5-16-12(7-11)8-17-6-4-13(14,15)9-17/h3,5,7,10H,4,6,8-9H2,1-2H3. The lowest BCUT2D eigenvalue weighted by molar-refractivity contribution is 0.0114. The molecule has 0 unspecified atom stereocenters. The van der Waals surface area contributed by atoms with Crippen LogP contribution >= 0.6 is 0 Å². The lowest BCUT2D eigenvalue weighted by Crippen LogP contribution is -2.25. The Morgan fingerprint density at radius 2 is 2.24 bits per heavy atom. The van der Waals surface area contributed by atoms with Crippen LogP contribution in [0, 0.1) is 0 Å². The summed E-state index contributed by atoms with van der Waals surface area (Å²) in [5, 5.41) is 0. The van der Waals surface area contributed by atoms with Crippen LogP contribution in [0.15, 0.2) is 18.3 Å². The molecule has 2 heterocycles. The average molecular weight is 240 g/mol. The van der Waals surface area contributed by atoms with Crippen molar-refractivity contribution >= 4 is 0 Å². The Balaban J connectivity index is 2.02. The first-order valence-electron chi connectivity index (χ1n) is 6.01. The van der Waals surface area contributed by atoms with Gasteiger partial charge in [-0.1, -0.05) is 13.8 Å². The zero-order valence-electron chi connectivity index (χ0n) is 10.3. The lowest BCUT2D eigenvalue weighted by Gasteiger charge is -2.15. The van der Waals surface area contributed by atoms with Gasteiger partial charge in [0.15, 0.2) is 0 Å². The van der Waals surface area contributed by atoms with Crippen LogP contribution in [0.25, 0.3) is 0 Å². The van der Waals surface area contributed by atoms with Gasteiger partial charge in [0, 0.05) is 25.7 Å². The quantitative estimate of drug-likeness (QED) is 0.807. The molecule has 94 valence electrons. The Hall–Kier alpha value is -1.03. The molecule has 0 bridgehead atoms. The Morgan fingerprint density at radius 3 is 2.82 bits per heavy atom. The third-order valence-corrected chi connectivity index (χ3v) is 3.14. The number of rotatable bonds is 3. The summed E-state index contributed by atoms with van der Waals surface area (Å²) in [6.45, 7) is 5.07.